The first-order chi connectivity index (χ1) is 5.74. The van der Waals surface area contributed by atoms with E-state index in [0.29, 0.717) is 19.1 Å². The monoisotopic (exact) mass is 174 g/mol. The molecule has 3 nitrogen and oxygen atoms in total. The Morgan fingerprint density at radius 2 is 2.42 bits per heavy atom. The van der Waals surface area contributed by atoms with Gasteiger partial charge >= 0.3 is 0 Å². The Labute approximate surface area is 73.7 Å². The van der Waals surface area contributed by atoms with Crippen molar-refractivity contribution in [2.24, 2.45) is 5.92 Å². The Kier molecular flexibility index (Phi) is 3.98. The number of rotatable bonds is 3. The minimum absolute atomic E-state index is 0.175. The number of ether oxygens (including phenoxy) is 2. The van der Waals surface area contributed by atoms with Crippen molar-refractivity contribution in [1.29, 1.82) is 0 Å². The van der Waals surface area contributed by atoms with Crippen LogP contribution in [0, 0.1) is 5.92 Å². The van der Waals surface area contributed by atoms with Crippen LogP contribution in [0.1, 0.15) is 19.8 Å². The van der Waals surface area contributed by atoms with Crippen molar-refractivity contribution < 1.29 is 14.6 Å². The molecule has 1 rings (SSSR count). The normalized spacial score (nSPS) is 33.2. The van der Waals surface area contributed by atoms with Gasteiger partial charge in [-0.3, -0.25) is 0 Å². The van der Waals surface area contributed by atoms with Gasteiger partial charge in [0.1, 0.15) is 0 Å². The number of hydrogen-bond donors (Lipinski definition) is 1. The molecule has 1 aliphatic heterocycles. The second-order valence-corrected chi connectivity index (χ2v) is 3.52. The van der Waals surface area contributed by atoms with E-state index in [2.05, 4.69) is 6.92 Å². The van der Waals surface area contributed by atoms with Crippen LogP contribution >= 0.6 is 0 Å². The molecule has 1 fully saturated rings. The van der Waals surface area contributed by atoms with Crippen molar-refractivity contribution in [2.75, 3.05) is 20.3 Å². The zero-order chi connectivity index (χ0) is 8.97. The van der Waals surface area contributed by atoms with Gasteiger partial charge < -0.3 is 14.6 Å². The van der Waals surface area contributed by atoms with E-state index in [1.54, 1.807) is 7.11 Å². The summed E-state index contributed by atoms with van der Waals surface area (Å²) < 4.78 is 10.6. The van der Waals surface area contributed by atoms with Gasteiger partial charge in [-0.15, -0.1) is 0 Å². The van der Waals surface area contributed by atoms with Crippen molar-refractivity contribution in [3.05, 3.63) is 0 Å². The van der Waals surface area contributed by atoms with Crippen LogP contribution in [0.3, 0.4) is 0 Å². The maximum atomic E-state index is 9.38. The molecule has 0 amide bonds. The maximum absolute atomic E-state index is 9.38. The first-order valence-corrected chi connectivity index (χ1v) is 4.52. The van der Waals surface area contributed by atoms with E-state index in [4.69, 9.17) is 9.47 Å². The molecule has 3 atom stereocenters. The molecule has 0 radical (unpaired) electrons. The smallest absolute Gasteiger partial charge is 0.0647 e. The van der Waals surface area contributed by atoms with Crippen LogP contribution in [0.2, 0.25) is 0 Å². The summed E-state index contributed by atoms with van der Waals surface area (Å²) in [6.45, 7) is 3.48. The second kappa shape index (κ2) is 4.80. The van der Waals surface area contributed by atoms with Crippen LogP contribution in [0.4, 0.5) is 0 Å². The molecule has 72 valence electrons. The predicted molar refractivity (Wildman–Crippen MR) is 46.0 cm³/mol. The zero-order valence-corrected chi connectivity index (χ0v) is 7.82. The maximum Gasteiger partial charge on any atom is 0.0647 e. The van der Waals surface area contributed by atoms with Gasteiger partial charge in [0, 0.05) is 19.6 Å². The van der Waals surface area contributed by atoms with Crippen LogP contribution < -0.4 is 0 Å². The number of methoxy groups -OCH3 is 1. The second-order valence-electron chi connectivity index (χ2n) is 3.52. The van der Waals surface area contributed by atoms with Gasteiger partial charge in [-0.1, -0.05) is 6.92 Å². The quantitative estimate of drug-likeness (QED) is 0.688. The highest BCUT2D eigenvalue weighted by atomic mass is 16.5. The van der Waals surface area contributed by atoms with Crippen LogP contribution in [0.5, 0.6) is 0 Å². The van der Waals surface area contributed by atoms with E-state index >= 15 is 0 Å². The fourth-order valence-corrected chi connectivity index (χ4v) is 1.58. The van der Waals surface area contributed by atoms with Gasteiger partial charge in [0.05, 0.1) is 18.8 Å². The highest BCUT2D eigenvalue weighted by molar-refractivity contribution is 4.74. The van der Waals surface area contributed by atoms with Gasteiger partial charge in [0.15, 0.2) is 0 Å². The van der Waals surface area contributed by atoms with Gasteiger partial charge in [-0.2, -0.15) is 0 Å². The van der Waals surface area contributed by atoms with Gasteiger partial charge in [-0.05, 0) is 12.8 Å². The molecule has 3 unspecified atom stereocenters. The lowest BCUT2D eigenvalue weighted by atomic mass is 9.96. The Balaban J connectivity index is 2.29. The minimum atomic E-state index is -0.178. The Morgan fingerprint density at radius 1 is 1.67 bits per heavy atom. The lowest BCUT2D eigenvalue weighted by Gasteiger charge is -2.30. The van der Waals surface area contributed by atoms with Crippen molar-refractivity contribution in [2.45, 2.75) is 32.0 Å². The average Bonchev–Trinajstić information content (AvgIpc) is 2.05. The van der Waals surface area contributed by atoms with Crippen LogP contribution in [-0.4, -0.2) is 37.6 Å². The summed E-state index contributed by atoms with van der Waals surface area (Å²) in [6.07, 6.45) is 1.53. The SMILES string of the molecule is COCC(C)C1CC(O)CCO1. The molecule has 0 bridgehead atoms. The molecule has 0 saturated carbocycles. The standard InChI is InChI=1S/C9H18O3/c1-7(6-11-2)9-5-8(10)3-4-12-9/h7-10H,3-6H2,1-2H3. The summed E-state index contributed by atoms with van der Waals surface area (Å²) in [5, 5.41) is 9.38. The van der Waals surface area contributed by atoms with E-state index in [1.807, 2.05) is 0 Å². The first kappa shape index (κ1) is 9.96. The van der Waals surface area contributed by atoms with Crippen molar-refractivity contribution in [3.8, 4) is 0 Å². The van der Waals surface area contributed by atoms with E-state index in [9.17, 15) is 5.11 Å². The van der Waals surface area contributed by atoms with Crippen molar-refractivity contribution in [3.63, 3.8) is 0 Å². The first-order valence-electron chi connectivity index (χ1n) is 4.52. The topological polar surface area (TPSA) is 38.7 Å². The molecule has 3 heteroatoms. The highest BCUT2D eigenvalue weighted by Gasteiger charge is 2.25. The molecule has 0 spiro atoms. The molecule has 0 aromatic heterocycles. The third kappa shape index (κ3) is 2.73. The highest BCUT2D eigenvalue weighted by Crippen LogP contribution is 2.20. The van der Waals surface area contributed by atoms with Gasteiger partial charge in [0.2, 0.25) is 0 Å². The summed E-state index contributed by atoms with van der Waals surface area (Å²) in [4.78, 5) is 0. The van der Waals surface area contributed by atoms with Gasteiger partial charge in [0.25, 0.3) is 0 Å². The molecular weight excluding hydrogens is 156 g/mol. The Bertz CT molecular complexity index is 127. The lowest BCUT2D eigenvalue weighted by molar-refractivity contribution is -0.0773. The fraction of sp³-hybridized carbons (Fsp3) is 1.00. The number of hydrogen-bond acceptors (Lipinski definition) is 3. The Morgan fingerprint density at radius 3 is 3.00 bits per heavy atom. The summed E-state index contributed by atoms with van der Waals surface area (Å²) in [5.74, 6) is 0.380. The van der Waals surface area contributed by atoms with Gasteiger partial charge in [-0.25, -0.2) is 0 Å². The van der Waals surface area contributed by atoms with E-state index in [0.717, 1.165) is 12.8 Å². The molecule has 1 aliphatic rings. The summed E-state index contributed by atoms with van der Waals surface area (Å²) in [6, 6.07) is 0. The molecule has 12 heavy (non-hydrogen) atoms. The fourth-order valence-electron chi connectivity index (χ4n) is 1.58. The summed E-state index contributed by atoms with van der Waals surface area (Å²) in [5.41, 5.74) is 0. The predicted octanol–water partition coefficient (Wildman–Crippen LogP) is 0.809. The summed E-state index contributed by atoms with van der Waals surface area (Å²) in [7, 11) is 1.69. The third-order valence-electron chi connectivity index (χ3n) is 2.35. The van der Waals surface area contributed by atoms with E-state index < -0.39 is 0 Å². The molecule has 1 heterocycles. The molecule has 1 N–H and O–H groups in total. The van der Waals surface area contributed by atoms with E-state index in [1.165, 1.54) is 0 Å². The zero-order valence-electron chi connectivity index (χ0n) is 7.82. The molecular formula is C9H18O3. The van der Waals surface area contributed by atoms with Crippen molar-refractivity contribution in [1.82, 2.24) is 0 Å². The van der Waals surface area contributed by atoms with E-state index in [-0.39, 0.29) is 12.2 Å². The molecule has 0 aromatic carbocycles. The molecule has 1 saturated heterocycles. The van der Waals surface area contributed by atoms with Crippen LogP contribution in [0.25, 0.3) is 0 Å². The van der Waals surface area contributed by atoms with Crippen molar-refractivity contribution >= 4 is 0 Å². The average molecular weight is 174 g/mol. The Hall–Kier alpha value is -0.120. The number of aliphatic hydroxyl groups is 1. The van der Waals surface area contributed by atoms with Crippen LogP contribution in [-0.2, 0) is 9.47 Å². The third-order valence-corrected chi connectivity index (χ3v) is 2.35. The number of aliphatic hydroxyl groups excluding tert-OH is 1. The molecule has 0 aliphatic carbocycles. The summed E-state index contributed by atoms with van der Waals surface area (Å²) >= 11 is 0. The minimum Gasteiger partial charge on any atom is -0.393 e. The lowest BCUT2D eigenvalue weighted by Crippen LogP contribution is -2.35. The largest absolute Gasteiger partial charge is 0.393 e. The molecule has 0 aromatic rings. The van der Waals surface area contributed by atoms with Crippen LogP contribution in [0.15, 0.2) is 0 Å².